The maximum Gasteiger partial charge on any atom is 0.407 e. The molecule has 3 aliphatic rings. The molecule has 5 heterocycles. The average Bonchev–Trinajstić information content (AvgIpc) is 3.34. The number of thiophene rings is 2. The second-order valence-electron chi connectivity index (χ2n) is 7.27. The number of quaternary nitrogens is 1. The fourth-order valence-corrected chi connectivity index (χ4v) is 5.49. The van der Waals surface area contributed by atoms with E-state index in [4.69, 9.17) is 4.74 Å². The van der Waals surface area contributed by atoms with Gasteiger partial charge < -0.3 is 26.9 Å². The number of nitrogens with one attached hydrogen (secondary N) is 1. The molecule has 3 saturated heterocycles. The van der Waals surface area contributed by atoms with Crippen molar-refractivity contribution < 1.29 is 31.2 Å². The number of hydrogen-bond acceptors (Lipinski definition) is 5. The Morgan fingerprint density at radius 2 is 1.89 bits per heavy atom. The number of rotatable bonds is 6. The van der Waals surface area contributed by atoms with Crippen molar-refractivity contribution in [2.75, 3.05) is 26.2 Å². The van der Waals surface area contributed by atoms with E-state index in [-0.39, 0.29) is 30.3 Å². The van der Waals surface area contributed by atoms with Gasteiger partial charge in [0.15, 0.2) is 0 Å². The van der Waals surface area contributed by atoms with E-state index in [0.717, 1.165) is 46.7 Å². The van der Waals surface area contributed by atoms with Crippen LogP contribution in [0.5, 0.6) is 0 Å². The molecule has 5 nitrogen and oxygen atoms in total. The molecule has 2 aromatic heterocycles. The van der Waals surface area contributed by atoms with Crippen molar-refractivity contribution in [3.05, 3.63) is 44.8 Å². The van der Waals surface area contributed by atoms with Gasteiger partial charge in [0.1, 0.15) is 13.2 Å². The average molecular weight is 427 g/mol. The van der Waals surface area contributed by atoms with Crippen LogP contribution in [0.4, 0.5) is 4.79 Å². The lowest BCUT2D eigenvalue weighted by atomic mass is 9.81. The zero-order valence-corrected chi connectivity index (χ0v) is 17.3. The zero-order chi connectivity index (χ0) is 18.0. The lowest BCUT2D eigenvalue weighted by Crippen LogP contribution is -3.00. The molecule has 0 aliphatic carbocycles. The first-order valence-electron chi connectivity index (χ1n) is 9.01. The molecule has 1 N–H and O–H groups in total. The number of Topliss-reactive ketones (excluding diaryl/α,β-unsaturated/α-hetero) is 1. The number of ether oxygens (including phenoxy) is 1. The Bertz CT molecular complexity index is 756. The third kappa shape index (κ3) is 4.71. The van der Waals surface area contributed by atoms with Crippen LogP contribution < -0.4 is 17.7 Å². The van der Waals surface area contributed by atoms with Crippen LogP contribution in [0, 0.1) is 5.92 Å². The van der Waals surface area contributed by atoms with Crippen molar-refractivity contribution in [3.63, 3.8) is 0 Å². The minimum Gasteiger partial charge on any atom is -1.00 e. The monoisotopic (exact) mass is 426 g/mol. The minimum atomic E-state index is -0.347. The highest BCUT2D eigenvalue weighted by Gasteiger charge is 2.47. The summed E-state index contributed by atoms with van der Waals surface area (Å²) in [5.41, 5.74) is 0. The number of amides is 1. The van der Waals surface area contributed by atoms with E-state index in [9.17, 15) is 9.59 Å². The number of halogens is 1. The van der Waals surface area contributed by atoms with Crippen molar-refractivity contribution in [2.24, 2.45) is 5.92 Å². The van der Waals surface area contributed by atoms with Crippen LogP contribution in [0.2, 0.25) is 0 Å². The molecule has 0 radical (unpaired) electrons. The summed E-state index contributed by atoms with van der Waals surface area (Å²) in [5.74, 6) is 0.723. The van der Waals surface area contributed by atoms with Crippen molar-refractivity contribution in [3.8, 4) is 0 Å². The van der Waals surface area contributed by atoms with Crippen LogP contribution >= 0.6 is 22.7 Å². The molecule has 27 heavy (non-hydrogen) atoms. The van der Waals surface area contributed by atoms with Gasteiger partial charge in [-0.1, -0.05) is 12.1 Å². The first kappa shape index (κ1) is 20.3. The smallest absolute Gasteiger partial charge is 0.407 e. The van der Waals surface area contributed by atoms with Gasteiger partial charge in [-0.3, -0.25) is 4.79 Å². The number of carbonyl (C=O) groups excluding carboxylic acids is 2. The largest absolute Gasteiger partial charge is 1.00 e. The summed E-state index contributed by atoms with van der Waals surface area (Å²) in [5, 5.41) is 6.99. The number of alkyl carbamates (subject to hydrolysis) is 1. The van der Waals surface area contributed by atoms with Crippen LogP contribution in [0.15, 0.2) is 35.0 Å². The first-order chi connectivity index (χ1) is 12.6. The summed E-state index contributed by atoms with van der Waals surface area (Å²) in [7, 11) is 0. The molecule has 8 heteroatoms. The molecule has 2 aromatic rings. The SMILES string of the molecule is O=C(N[C@H]1C[N+]2(CC(=O)c3cccs3)CCC1CC2)OCc1cccs1.[Cl-]. The summed E-state index contributed by atoms with van der Waals surface area (Å²) < 4.78 is 6.15. The van der Waals surface area contributed by atoms with E-state index in [1.165, 1.54) is 11.3 Å². The van der Waals surface area contributed by atoms with E-state index in [2.05, 4.69) is 5.32 Å². The van der Waals surface area contributed by atoms with Crippen LogP contribution in [-0.2, 0) is 11.3 Å². The van der Waals surface area contributed by atoms with Crippen molar-refractivity contribution in [1.29, 1.82) is 0 Å². The molecular formula is C19H23ClN2O3S2. The molecule has 2 bridgehead atoms. The Labute approximate surface area is 173 Å². The van der Waals surface area contributed by atoms with E-state index in [1.807, 2.05) is 35.0 Å². The fraction of sp³-hybridized carbons (Fsp3) is 0.474. The highest BCUT2D eigenvalue weighted by molar-refractivity contribution is 7.12. The number of fused-ring (bicyclic) bond motifs is 3. The molecule has 0 aromatic carbocycles. The van der Waals surface area contributed by atoms with Gasteiger partial charge in [0.2, 0.25) is 5.78 Å². The van der Waals surface area contributed by atoms with E-state index < -0.39 is 0 Å². The minimum absolute atomic E-state index is 0. The molecule has 1 atom stereocenters. The molecule has 5 rings (SSSR count). The molecule has 3 aliphatic heterocycles. The predicted molar refractivity (Wildman–Crippen MR) is 103 cm³/mol. The van der Waals surface area contributed by atoms with Gasteiger partial charge in [0.25, 0.3) is 0 Å². The maximum atomic E-state index is 12.6. The lowest BCUT2D eigenvalue weighted by Gasteiger charge is -2.52. The first-order valence-corrected chi connectivity index (χ1v) is 10.8. The summed E-state index contributed by atoms with van der Waals surface area (Å²) in [6, 6.07) is 7.84. The highest BCUT2D eigenvalue weighted by atomic mass is 35.5. The van der Waals surface area contributed by atoms with Gasteiger partial charge in [-0.15, -0.1) is 22.7 Å². The molecule has 1 amide bonds. The zero-order valence-electron chi connectivity index (χ0n) is 14.9. The number of ketones is 1. The van der Waals surface area contributed by atoms with Gasteiger partial charge >= 0.3 is 6.09 Å². The standard InChI is InChI=1S/C19H22N2O3S2.ClH/c22-17(18-4-2-10-26-18)12-21-7-5-14(6-8-21)16(11-21)20-19(23)24-13-15-3-1-9-25-15;/h1-4,9-10,14,16H,5-8,11-13H2;1H/t14?,16-,21?;/m0./s1. The molecule has 0 saturated carbocycles. The van der Waals surface area contributed by atoms with Gasteiger partial charge in [-0.25, -0.2) is 4.79 Å². The number of carbonyl (C=O) groups is 2. The van der Waals surface area contributed by atoms with Gasteiger partial charge in [-0.2, -0.15) is 0 Å². The van der Waals surface area contributed by atoms with Crippen molar-refractivity contribution in [1.82, 2.24) is 5.32 Å². The number of nitrogens with zero attached hydrogens (tertiary/aromatic N) is 1. The normalized spacial score (nSPS) is 26.2. The molecule has 146 valence electrons. The van der Waals surface area contributed by atoms with Crippen LogP contribution in [0.25, 0.3) is 0 Å². The third-order valence-corrected chi connectivity index (χ3v) is 7.37. The van der Waals surface area contributed by atoms with Crippen molar-refractivity contribution >= 4 is 34.6 Å². The summed E-state index contributed by atoms with van der Waals surface area (Å²) >= 11 is 3.09. The Morgan fingerprint density at radius 3 is 2.56 bits per heavy atom. The number of hydrogen-bond donors (Lipinski definition) is 1. The molecular weight excluding hydrogens is 404 g/mol. The second-order valence-corrected chi connectivity index (χ2v) is 9.25. The fourth-order valence-electron chi connectivity index (χ4n) is 4.22. The quantitative estimate of drug-likeness (QED) is 0.541. The second kappa shape index (κ2) is 8.73. The van der Waals surface area contributed by atoms with E-state index in [0.29, 0.717) is 19.1 Å². The van der Waals surface area contributed by atoms with Crippen LogP contribution in [0.1, 0.15) is 27.4 Å². The third-order valence-electron chi connectivity index (χ3n) is 5.61. The van der Waals surface area contributed by atoms with Gasteiger partial charge in [-0.05, 0) is 28.8 Å². The summed E-state index contributed by atoms with van der Waals surface area (Å²) in [4.78, 5) is 26.7. The van der Waals surface area contributed by atoms with E-state index in [1.54, 1.807) is 11.3 Å². The topological polar surface area (TPSA) is 55.4 Å². The Hall–Kier alpha value is -1.41. The lowest BCUT2D eigenvalue weighted by molar-refractivity contribution is -0.936. The highest BCUT2D eigenvalue weighted by Crippen LogP contribution is 2.34. The molecule has 0 unspecified atom stereocenters. The van der Waals surface area contributed by atoms with Crippen molar-refractivity contribution in [2.45, 2.75) is 25.5 Å². The van der Waals surface area contributed by atoms with Crippen LogP contribution in [0.3, 0.4) is 0 Å². The molecule has 3 fully saturated rings. The van der Waals surface area contributed by atoms with Gasteiger partial charge in [0, 0.05) is 17.7 Å². The maximum absolute atomic E-state index is 12.6. The summed E-state index contributed by atoms with van der Waals surface area (Å²) in [6.07, 6.45) is 1.78. The predicted octanol–water partition coefficient (Wildman–Crippen LogP) is 0.532. The molecule has 0 spiro atoms. The number of piperidine rings is 3. The Morgan fingerprint density at radius 1 is 1.15 bits per heavy atom. The van der Waals surface area contributed by atoms with Crippen LogP contribution in [-0.4, -0.2) is 48.6 Å². The Balaban J connectivity index is 0.00000210. The summed E-state index contributed by atoms with van der Waals surface area (Å²) in [6.45, 7) is 3.75. The van der Waals surface area contributed by atoms with E-state index >= 15 is 0 Å². The Kier molecular flexibility index (Phi) is 6.57. The van der Waals surface area contributed by atoms with Gasteiger partial charge in [0.05, 0.1) is 30.6 Å².